The summed E-state index contributed by atoms with van der Waals surface area (Å²) < 4.78 is 0. The number of carbonyl (C=O) groups excluding carboxylic acids is 2. The molecule has 0 unspecified atom stereocenters. The second-order valence-corrected chi connectivity index (χ2v) is 9.07. The third-order valence-electron chi connectivity index (χ3n) is 5.44. The highest BCUT2D eigenvalue weighted by Crippen LogP contribution is 2.23. The molecule has 0 aliphatic heterocycles. The van der Waals surface area contributed by atoms with E-state index in [-0.39, 0.29) is 11.8 Å². The maximum Gasteiger partial charge on any atom is 0.268 e. The van der Waals surface area contributed by atoms with Crippen LogP contribution >= 0.6 is 11.3 Å². The minimum absolute atomic E-state index is 0.0310. The topological polar surface area (TPSA) is 62.3 Å². The fourth-order valence-electron chi connectivity index (χ4n) is 3.72. The molecular formula is C28H27N3O2S. The second kappa shape index (κ2) is 11.4. The van der Waals surface area contributed by atoms with E-state index in [9.17, 15) is 9.59 Å². The smallest absolute Gasteiger partial charge is 0.268 e. The summed E-state index contributed by atoms with van der Waals surface area (Å²) in [5.41, 5.74) is 4.89. The van der Waals surface area contributed by atoms with Crippen molar-refractivity contribution in [2.24, 2.45) is 0 Å². The first-order valence-corrected chi connectivity index (χ1v) is 12.1. The number of amides is 2. The van der Waals surface area contributed by atoms with Crippen molar-refractivity contribution in [3.8, 4) is 0 Å². The molecule has 4 rings (SSSR count). The van der Waals surface area contributed by atoms with Crippen LogP contribution in [0, 0.1) is 6.92 Å². The molecule has 0 radical (unpaired) electrons. The maximum atomic E-state index is 13.3. The van der Waals surface area contributed by atoms with E-state index in [1.54, 1.807) is 11.1 Å². The largest absolute Gasteiger partial charge is 0.355 e. The van der Waals surface area contributed by atoms with E-state index in [1.165, 1.54) is 11.3 Å². The Morgan fingerprint density at radius 2 is 1.79 bits per heavy atom. The fraction of sp³-hybridized carbons (Fsp3) is 0.179. The summed E-state index contributed by atoms with van der Waals surface area (Å²) >= 11 is 1.44. The molecule has 4 aromatic rings. The molecule has 172 valence electrons. The van der Waals surface area contributed by atoms with Crippen LogP contribution in [0.25, 0.3) is 0 Å². The molecule has 0 saturated heterocycles. The molecule has 2 aromatic carbocycles. The lowest BCUT2D eigenvalue weighted by Crippen LogP contribution is -2.30. The van der Waals surface area contributed by atoms with Crippen LogP contribution in [0.4, 0.5) is 5.69 Å². The number of pyridine rings is 1. The molecule has 2 amide bonds. The van der Waals surface area contributed by atoms with Gasteiger partial charge in [0.15, 0.2) is 0 Å². The maximum absolute atomic E-state index is 13.3. The van der Waals surface area contributed by atoms with Crippen LogP contribution < -0.4 is 10.2 Å². The Morgan fingerprint density at radius 1 is 0.941 bits per heavy atom. The van der Waals surface area contributed by atoms with E-state index >= 15 is 0 Å². The molecule has 0 saturated carbocycles. The number of aromatic nitrogens is 1. The van der Waals surface area contributed by atoms with Crippen LogP contribution in [0.5, 0.6) is 0 Å². The number of rotatable bonds is 9. The van der Waals surface area contributed by atoms with Crippen molar-refractivity contribution >= 4 is 28.8 Å². The molecule has 5 nitrogen and oxygen atoms in total. The van der Waals surface area contributed by atoms with Gasteiger partial charge in [0.2, 0.25) is 5.91 Å². The highest BCUT2D eigenvalue weighted by molar-refractivity contribution is 7.12. The second-order valence-electron chi connectivity index (χ2n) is 8.12. The lowest BCUT2D eigenvalue weighted by molar-refractivity contribution is -0.120. The first-order valence-electron chi connectivity index (χ1n) is 11.2. The van der Waals surface area contributed by atoms with E-state index in [0.29, 0.717) is 30.8 Å². The van der Waals surface area contributed by atoms with Crippen molar-refractivity contribution in [1.82, 2.24) is 10.3 Å². The quantitative estimate of drug-likeness (QED) is 0.366. The van der Waals surface area contributed by atoms with E-state index in [4.69, 9.17) is 0 Å². The summed E-state index contributed by atoms with van der Waals surface area (Å²) in [7, 11) is 0. The van der Waals surface area contributed by atoms with Gasteiger partial charge in [-0.2, -0.15) is 0 Å². The number of aryl methyl sites for hydroxylation is 1. The van der Waals surface area contributed by atoms with E-state index in [0.717, 1.165) is 28.1 Å². The van der Waals surface area contributed by atoms with Crippen molar-refractivity contribution in [1.29, 1.82) is 0 Å². The molecule has 0 fully saturated rings. The number of carbonyl (C=O) groups is 2. The lowest BCUT2D eigenvalue weighted by atomic mass is 10.1. The van der Waals surface area contributed by atoms with Gasteiger partial charge in [0, 0.05) is 30.5 Å². The van der Waals surface area contributed by atoms with E-state index in [2.05, 4.69) is 16.4 Å². The third kappa shape index (κ3) is 6.39. The van der Waals surface area contributed by atoms with Gasteiger partial charge in [-0.1, -0.05) is 54.1 Å². The van der Waals surface area contributed by atoms with Gasteiger partial charge in [0.25, 0.3) is 5.91 Å². The number of hydrogen-bond donors (Lipinski definition) is 1. The van der Waals surface area contributed by atoms with E-state index in [1.807, 2.05) is 85.1 Å². The molecule has 0 aliphatic rings. The van der Waals surface area contributed by atoms with Crippen molar-refractivity contribution in [3.63, 3.8) is 0 Å². The Kier molecular flexibility index (Phi) is 7.83. The normalized spacial score (nSPS) is 10.6. The lowest BCUT2D eigenvalue weighted by Gasteiger charge is -2.23. The highest BCUT2D eigenvalue weighted by Gasteiger charge is 2.19. The Labute approximate surface area is 204 Å². The van der Waals surface area contributed by atoms with Crippen LogP contribution in [0.15, 0.2) is 90.4 Å². The number of hydrogen-bond acceptors (Lipinski definition) is 4. The number of thiophene rings is 1. The zero-order chi connectivity index (χ0) is 23.8. The monoisotopic (exact) mass is 469 g/mol. The van der Waals surface area contributed by atoms with Gasteiger partial charge >= 0.3 is 0 Å². The van der Waals surface area contributed by atoms with Gasteiger partial charge in [-0.15, -0.1) is 11.3 Å². The Morgan fingerprint density at radius 3 is 2.50 bits per heavy atom. The van der Waals surface area contributed by atoms with Crippen molar-refractivity contribution in [3.05, 3.63) is 118 Å². The fourth-order valence-corrected chi connectivity index (χ4v) is 4.40. The Balaban J connectivity index is 1.42. The van der Waals surface area contributed by atoms with Crippen LogP contribution in [0.2, 0.25) is 0 Å². The first-order chi connectivity index (χ1) is 16.6. The van der Waals surface area contributed by atoms with Crippen molar-refractivity contribution in [2.45, 2.75) is 26.3 Å². The SMILES string of the molecule is Cc1cccc(CN(C(=O)c2cccs2)c2ccc(CC(=O)NCCc3ccccn3)cc2)c1. The molecule has 2 aromatic heterocycles. The van der Waals surface area contributed by atoms with Gasteiger partial charge in [-0.25, -0.2) is 0 Å². The molecule has 1 N–H and O–H groups in total. The number of benzene rings is 2. The number of nitrogens with one attached hydrogen (secondary N) is 1. The summed E-state index contributed by atoms with van der Waals surface area (Å²) in [6, 6.07) is 25.3. The van der Waals surface area contributed by atoms with Gasteiger partial charge in [0.05, 0.1) is 17.8 Å². The van der Waals surface area contributed by atoms with E-state index < -0.39 is 0 Å². The molecule has 0 atom stereocenters. The minimum Gasteiger partial charge on any atom is -0.355 e. The van der Waals surface area contributed by atoms with Gasteiger partial charge in [0.1, 0.15) is 0 Å². The third-order valence-corrected chi connectivity index (χ3v) is 6.30. The van der Waals surface area contributed by atoms with Gasteiger partial charge in [-0.05, 0) is 53.8 Å². The summed E-state index contributed by atoms with van der Waals surface area (Å²) in [5.74, 6) is -0.0634. The summed E-state index contributed by atoms with van der Waals surface area (Å²) in [6.45, 7) is 3.07. The summed E-state index contributed by atoms with van der Waals surface area (Å²) in [5, 5.41) is 4.86. The van der Waals surface area contributed by atoms with Crippen LogP contribution in [0.1, 0.15) is 32.1 Å². The predicted molar refractivity (Wildman–Crippen MR) is 137 cm³/mol. The molecule has 0 spiro atoms. The van der Waals surface area contributed by atoms with Crippen LogP contribution in [-0.4, -0.2) is 23.3 Å². The molecule has 0 bridgehead atoms. The zero-order valence-corrected chi connectivity index (χ0v) is 19.9. The predicted octanol–water partition coefficient (Wildman–Crippen LogP) is 5.20. The van der Waals surface area contributed by atoms with Crippen molar-refractivity contribution in [2.75, 3.05) is 11.4 Å². The standard InChI is InChI=1S/C28H27N3O2S/c1-21-6-4-7-23(18-21)20-31(28(33)26-9-5-17-34-26)25-12-10-22(11-13-25)19-27(32)30-16-14-24-8-2-3-15-29-24/h2-13,15,17-18H,14,16,19-20H2,1H3,(H,30,32). The minimum atomic E-state index is -0.0324. The zero-order valence-electron chi connectivity index (χ0n) is 19.1. The van der Waals surface area contributed by atoms with Gasteiger partial charge < -0.3 is 10.2 Å². The van der Waals surface area contributed by atoms with Crippen molar-refractivity contribution < 1.29 is 9.59 Å². The Hall–Kier alpha value is -3.77. The molecule has 6 heteroatoms. The number of anilines is 1. The molecule has 2 heterocycles. The number of nitrogens with zero attached hydrogens (tertiary/aromatic N) is 2. The summed E-state index contributed by atoms with van der Waals surface area (Å²) in [6.07, 6.45) is 2.74. The summed E-state index contributed by atoms with van der Waals surface area (Å²) in [4.78, 5) is 32.4. The molecule has 0 aliphatic carbocycles. The highest BCUT2D eigenvalue weighted by atomic mass is 32.1. The van der Waals surface area contributed by atoms with Crippen LogP contribution in [-0.2, 0) is 24.2 Å². The van der Waals surface area contributed by atoms with Gasteiger partial charge in [-0.3, -0.25) is 14.6 Å². The average Bonchev–Trinajstić information content (AvgIpc) is 3.39. The first kappa shape index (κ1) is 23.4. The molecule has 34 heavy (non-hydrogen) atoms. The molecular weight excluding hydrogens is 442 g/mol. The van der Waals surface area contributed by atoms with Crippen LogP contribution in [0.3, 0.4) is 0 Å². The average molecular weight is 470 g/mol. The Bertz CT molecular complexity index is 1220.